The third-order valence-corrected chi connectivity index (χ3v) is 0. The van der Waals surface area contributed by atoms with Crippen LogP contribution in [0.1, 0.15) is 6.92 Å². The van der Waals surface area contributed by atoms with E-state index in [0.29, 0.717) is 0 Å². The Morgan fingerprint density at radius 1 is 2.00 bits per heavy atom. The van der Waals surface area contributed by atoms with E-state index in [1.54, 1.807) is 0 Å². The normalized spacial score (nSPS) is 6.25. The Morgan fingerprint density at radius 2 is 2.00 bits per heavy atom. The van der Waals surface area contributed by atoms with Crippen molar-refractivity contribution in [3.8, 4) is 0 Å². The van der Waals surface area contributed by atoms with Crippen molar-refractivity contribution in [2.24, 2.45) is 0 Å². The minimum absolute atomic E-state index is 0.0417. The zero-order valence-electron chi connectivity index (χ0n) is 2.32. The molecule has 0 aromatic carbocycles. The summed E-state index contributed by atoms with van der Waals surface area (Å²) in [7, 11) is 0. The molecule has 0 aliphatic carbocycles. The second-order valence-electron chi connectivity index (χ2n) is 0.492. The van der Waals surface area contributed by atoms with Crippen LogP contribution in [0, 0.1) is 0 Å². The number of hydrogen-bond acceptors (Lipinski definition) is 1. The van der Waals surface area contributed by atoms with E-state index < -0.39 is 0 Å². The van der Waals surface area contributed by atoms with Crippen LogP contribution in [-0.4, -0.2) is 20.7 Å². The molecule has 0 atom stereocenters. The van der Waals surface area contributed by atoms with Crippen molar-refractivity contribution in [1.82, 2.24) is 0 Å². The summed E-state index contributed by atoms with van der Waals surface area (Å²) in [4.78, 5) is 9.39. The van der Waals surface area contributed by atoms with Crippen LogP contribution in [0.3, 0.4) is 0 Å². The molecule has 0 saturated heterocycles. The van der Waals surface area contributed by atoms with Crippen LogP contribution >= 0.6 is 0 Å². The molecule has 0 radical (unpaired) electrons. The molecule has 0 amide bonds. The predicted molar refractivity (Wildman–Crippen MR) is 16.4 cm³/mol. The Hall–Kier alpha value is 0.189. The number of hydrogen-bond donors (Lipinski definition) is 0. The summed E-state index contributed by atoms with van der Waals surface area (Å²) in [6.45, 7) is 1.47. The third kappa shape index (κ3) is 86.3. The standard InChI is InChI=1S/C2H4OSe/c1-2(3)4/h1H3,(H,3,4)/p-1. The quantitative estimate of drug-likeness (QED) is 0.403. The molecule has 2 heteroatoms. The summed E-state index contributed by atoms with van der Waals surface area (Å²) < 4.78 is 0.0417. The van der Waals surface area contributed by atoms with Crippen molar-refractivity contribution in [1.29, 1.82) is 0 Å². The summed E-state index contributed by atoms with van der Waals surface area (Å²) in [5.74, 6) is 0. The van der Waals surface area contributed by atoms with Crippen molar-refractivity contribution in [3.63, 3.8) is 0 Å². The molecule has 0 spiro atoms. The zero-order valence-corrected chi connectivity index (χ0v) is 4.03. The molecule has 0 unspecified atom stereocenters. The maximum absolute atomic E-state index is 9.39. The molecule has 0 bridgehead atoms. The molecule has 1 nitrogen and oxygen atoms in total. The number of carbonyl (C=O) groups excluding carboxylic acids is 1. The molecule has 0 saturated carbocycles. The van der Waals surface area contributed by atoms with Crippen LogP contribution in [0.2, 0.25) is 0 Å². The number of carbonyl (C=O) groups is 1. The van der Waals surface area contributed by atoms with Gasteiger partial charge in [-0.2, -0.15) is 0 Å². The van der Waals surface area contributed by atoms with Crippen LogP contribution in [0.15, 0.2) is 0 Å². The van der Waals surface area contributed by atoms with Gasteiger partial charge in [0, 0.05) is 0 Å². The van der Waals surface area contributed by atoms with Gasteiger partial charge in [-0.25, -0.2) is 0 Å². The summed E-state index contributed by atoms with van der Waals surface area (Å²) in [5, 5.41) is 0. The fourth-order valence-corrected chi connectivity index (χ4v) is 0. The molecule has 0 rings (SSSR count). The van der Waals surface area contributed by atoms with Gasteiger partial charge >= 0.3 is 32.4 Å². The Kier molecular flexibility index (Phi) is 1.57. The Labute approximate surface area is 33.2 Å². The summed E-state index contributed by atoms with van der Waals surface area (Å²) >= 11 is 2.26. The van der Waals surface area contributed by atoms with Crippen molar-refractivity contribution in [3.05, 3.63) is 0 Å². The average molecular weight is 122 g/mol. The SMILES string of the molecule is CC(=O)[Se-]. The van der Waals surface area contributed by atoms with Crippen LogP contribution in [0.5, 0.6) is 0 Å². The van der Waals surface area contributed by atoms with Gasteiger partial charge in [-0.05, 0) is 0 Å². The molecular weight excluding hydrogens is 119 g/mol. The summed E-state index contributed by atoms with van der Waals surface area (Å²) in [5.41, 5.74) is 0. The molecule has 0 heterocycles. The Balaban J connectivity index is 2.80. The topological polar surface area (TPSA) is 17.1 Å². The van der Waals surface area contributed by atoms with E-state index in [1.165, 1.54) is 6.92 Å². The third-order valence-electron chi connectivity index (χ3n) is 0. The average Bonchev–Trinajstić information content (AvgIpc) is 0.811. The minimum atomic E-state index is 0.0417. The molecule has 0 N–H and O–H groups in total. The maximum atomic E-state index is 9.39. The summed E-state index contributed by atoms with van der Waals surface area (Å²) in [6, 6.07) is 0. The van der Waals surface area contributed by atoms with Crippen molar-refractivity contribution in [2.45, 2.75) is 6.92 Å². The first-order valence-corrected chi connectivity index (χ1v) is 1.76. The fraction of sp³-hybridized carbons (Fsp3) is 0.500. The van der Waals surface area contributed by atoms with E-state index in [-0.39, 0.29) is 4.68 Å². The second-order valence-corrected chi connectivity index (χ2v) is 1.70. The molecule has 24 valence electrons. The van der Waals surface area contributed by atoms with E-state index in [0.717, 1.165) is 0 Å². The zero-order chi connectivity index (χ0) is 3.58. The van der Waals surface area contributed by atoms with Crippen LogP contribution < -0.4 is 0 Å². The van der Waals surface area contributed by atoms with E-state index in [1.807, 2.05) is 0 Å². The van der Waals surface area contributed by atoms with Crippen LogP contribution in [0.4, 0.5) is 0 Å². The van der Waals surface area contributed by atoms with Gasteiger partial charge in [0.15, 0.2) is 0 Å². The second kappa shape index (κ2) is 1.50. The molecule has 0 aromatic rings. The predicted octanol–water partition coefficient (Wildman–Crippen LogP) is -0.299. The molecule has 0 aromatic heterocycles. The fourth-order valence-electron chi connectivity index (χ4n) is 0. The van der Waals surface area contributed by atoms with E-state index in [4.69, 9.17) is 0 Å². The first-order valence-electron chi connectivity index (χ1n) is 0.908. The molecule has 0 aliphatic rings. The molecule has 0 aliphatic heterocycles. The monoisotopic (exact) mass is 123 g/mol. The van der Waals surface area contributed by atoms with Gasteiger partial charge in [0.05, 0.1) is 0 Å². The van der Waals surface area contributed by atoms with Gasteiger partial charge < -0.3 is 0 Å². The van der Waals surface area contributed by atoms with E-state index in [2.05, 4.69) is 16.0 Å². The summed E-state index contributed by atoms with van der Waals surface area (Å²) in [6.07, 6.45) is 0. The van der Waals surface area contributed by atoms with Crippen molar-refractivity contribution >= 4 is 20.7 Å². The first kappa shape index (κ1) is 4.19. The van der Waals surface area contributed by atoms with Crippen molar-refractivity contribution < 1.29 is 4.79 Å². The molecule has 0 fully saturated rings. The first-order chi connectivity index (χ1) is 1.73. The Morgan fingerprint density at radius 3 is 2.00 bits per heavy atom. The molecule has 4 heavy (non-hydrogen) atoms. The van der Waals surface area contributed by atoms with Gasteiger partial charge in [-0.1, -0.05) is 0 Å². The van der Waals surface area contributed by atoms with Gasteiger partial charge in [0.1, 0.15) is 0 Å². The van der Waals surface area contributed by atoms with E-state index in [9.17, 15) is 4.79 Å². The van der Waals surface area contributed by atoms with Crippen LogP contribution in [0.25, 0.3) is 0 Å². The van der Waals surface area contributed by atoms with E-state index >= 15 is 0 Å². The van der Waals surface area contributed by atoms with Gasteiger partial charge in [0.2, 0.25) is 0 Å². The van der Waals surface area contributed by atoms with Gasteiger partial charge in [0.25, 0.3) is 0 Å². The van der Waals surface area contributed by atoms with Crippen LogP contribution in [-0.2, 0) is 4.79 Å². The van der Waals surface area contributed by atoms with Gasteiger partial charge in [-0.3, -0.25) is 0 Å². The van der Waals surface area contributed by atoms with Crippen molar-refractivity contribution in [2.75, 3.05) is 0 Å². The number of rotatable bonds is 0. The Bertz CT molecular complexity index is 29.0. The molecular formula is C2H3OSe-. The van der Waals surface area contributed by atoms with Gasteiger partial charge in [-0.15, -0.1) is 0 Å².